The Labute approximate surface area is 138 Å². The fourth-order valence-corrected chi connectivity index (χ4v) is 4.90. The lowest BCUT2D eigenvalue weighted by molar-refractivity contribution is 0.462. The summed E-state index contributed by atoms with van der Waals surface area (Å²) in [7, 11) is -0.817. The van der Waals surface area contributed by atoms with Gasteiger partial charge in [-0.25, -0.2) is 4.98 Å². The van der Waals surface area contributed by atoms with E-state index in [1.165, 1.54) is 4.57 Å². The quantitative estimate of drug-likeness (QED) is 0.736. The number of nitrogens with zero attached hydrogens (tertiary/aromatic N) is 2. The lowest BCUT2D eigenvalue weighted by atomic mass is 10.1. The molecule has 0 bridgehead atoms. The summed E-state index contributed by atoms with van der Waals surface area (Å²) in [6.07, 6.45) is 4.97. The predicted molar refractivity (Wildman–Crippen MR) is 93.9 cm³/mol. The third kappa shape index (κ3) is 3.01. The normalized spacial score (nSPS) is 22.5. The number of aryl methyl sites for hydroxylation is 1. The zero-order valence-electron chi connectivity index (χ0n) is 12.1. The van der Waals surface area contributed by atoms with Crippen LogP contribution >= 0.6 is 26.5 Å². The van der Waals surface area contributed by atoms with Crippen molar-refractivity contribution in [1.29, 1.82) is 0 Å². The zero-order valence-corrected chi connectivity index (χ0v) is 14.5. The molecule has 1 unspecified atom stereocenters. The lowest BCUT2D eigenvalue weighted by Gasteiger charge is -2.40. The van der Waals surface area contributed by atoms with Crippen LogP contribution < -0.4 is 10.9 Å². The third-order valence-corrected chi connectivity index (χ3v) is 6.41. The number of hydrogen-bond acceptors (Lipinski definition) is 5. The first-order chi connectivity index (χ1) is 10.4. The first-order valence-corrected chi connectivity index (χ1v) is 9.69. The van der Waals surface area contributed by atoms with E-state index >= 15 is 0 Å². The van der Waals surface area contributed by atoms with Crippen LogP contribution in [0.3, 0.4) is 0 Å². The molecular weight excluding hydrogens is 370 g/mol. The van der Waals surface area contributed by atoms with Gasteiger partial charge in [-0.05, 0) is 34.8 Å². The molecule has 0 radical (unpaired) electrons. The molecule has 1 saturated heterocycles. The van der Waals surface area contributed by atoms with E-state index in [1.807, 2.05) is 6.07 Å². The van der Waals surface area contributed by atoms with Gasteiger partial charge in [0.2, 0.25) is 0 Å². The number of rotatable bonds is 2. The minimum Gasteiger partial charge on any atom is -0.365 e. The van der Waals surface area contributed by atoms with Gasteiger partial charge in [0.05, 0.1) is 11.1 Å². The maximum atomic E-state index is 12.4. The van der Waals surface area contributed by atoms with Crippen molar-refractivity contribution in [3.63, 3.8) is 0 Å². The summed E-state index contributed by atoms with van der Waals surface area (Å²) < 4.78 is 22.0. The van der Waals surface area contributed by atoms with Gasteiger partial charge in [-0.3, -0.25) is 13.9 Å². The maximum absolute atomic E-state index is 12.4. The molecule has 3 rings (SSSR count). The molecule has 0 aromatic carbocycles. The fraction of sp³-hybridized carbons (Fsp3) is 0.429. The molecule has 0 saturated carbocycles. The predicted octanol–water partition coefficient (Wildman–Crippen LogP) is 3.02. The molecule has 6 nitrogen and oxygen atoms in total. The van der Waals surface area contributed by atoms with Gasteiger partial charge >= 0.3 is 0 Å². The van der Waals surface area contributed by atoms with Gasteiger partial charge in [0.15, 0.2) is 0 Å². The van der Waals surface area contributed by atoms with Crippen LogP contribution in [0.5, 0.6) is 0 Å². The average Bonchev–Trinajstić information content (AvgIpc) is 2.44. The van der Waals surface area contributed by atoms with Gasteiger partial charge in [0, 0.05) is 41.1 Å². The van der Waals surface area contributed by atoms with Crippen LogP contribution in [0.4, 0.5) is 5.82 Å². The average molecular weight is 388 g/mol. The minimum absolute atomic E-state index is 0.0828. The molecule has 1 fully saturated rings. The van der Waals surface area contributed by atoms with E-state index in [4.69, 9.17) is 0 Å². The van der Waals surface area contributed by atoms with Crippen LogP contribution in [-0.2, 0) is 7.05 Å². The molecule has 0 spiro atoms. The second kappa shape index (κ2) is 5.84. The van der Waals surface area contributed by atoms with Crippen molar-refractivity contribution in [2.45, 2.75) is 18.9 Å². The van der Waals surface area contributed by atoms with Crippen molar-refractivity contribution >= 4 is 43.1 Å². The molecular formula is C14H18BrN3O3S. The Morgan fingerprint density at radius 3 is 3.00 bits per heavy atom. The van der Waals surface area contributed by atoms with E-state index in [0.717, 1.165) is 22.7 Å². The van der Waals surface area contributed by atoms with Crippen molar-refractivity contribution in [2.75, 3.05) is 16.8 Å². The van der Waals surface area contributed by atoms with Gasteiger partial charge in [0.25, 0.3) is 5.56 Å². The molecule has 3 N–H and O–H groups in total. The van der Waals surface area contributed by atoms with Crippen molar-refractivity contribution in [1.82, 2.24) is 9.55 Å². The van der Waals surface area contributed by atoms with E-state index in [1.54, 1.807) is 19.4 Å². The van der Waals surface area contributed by atoms with Crippen molar-refractivity contribution in [3.05, 3.63) is 33.3 Å². The summed E-state index contributed by atoms with van der Waals surface area (Å²) in [4.78, 5) is 16.8. The Balaban J connectivity index is 2.03. The van der Waals surface area contributed by atoms with Crippen LogP contribution in [0, 0.1) is 0 Å². The summed E-state index contributed by atoms with van der Waals surface area (Å²) in [5, 5.41) is 4.54. The number of halogens is 1. The molecule has 8 heteroatoms. The first kappa shape index (κ1) is 15.8. The summed E-state index contributed by atoms with van der Waals surface area (Å²) in [6.45, 7) is 0. The molecule has 2 aromatic rings. The highest BCUT2D eigenvalue weighted by Crippen LogP contribution is 2.44. The SMILES string of the molecule is Cn1ccc2c(Br)cnc(NC3CCCS(O)(O)C3)c2c1=O. The van der Waals surface area contributed by atoms with Gasteiger partial charge in [0.1, 0.15) is 5.82 Å². The van der Waals surface area contributed by atoms with E-state index in [2.05, 4.69) is 26.2 Å². The molecule has 120 valence electrons. The van der Waals surface area contributed by atoms with Crippen LogP contribution in [0.15, 0.2) is 27.7 Å². The van der Waals surface area contributed by atoms with Gasteiger partial charge in [-0.15, -0.1) is 0 Å². The van der Waals surface area contributed by atoms with Crippen LogP contribution in [0.25, 0.3) is 10.8 Å². The van der Waals surface area contributed by atoms with Crippen LogP contribution in [-0.4, -0.2) is 36.2 Å². The van der Waals surface area contributed by atoms with E-state index < -0.39 is 10.6 Å². The topological polar surface area (TPSA) is 87.4 Å². The Bertz CT molecular complexity index is 778. The highest BCUT2D eigenvalue weighted by Gasteiger charge is 2.26. The fourth-order valence-electron chi connectivity index (χ4n) is 2.78. The standard InChI is InChI=1S/C14H18BrN3O3S/c1-18-5-4-10-11(15)7-16-13(12(10)14(18)19)17-9-3-2-6-22(20,21)8-9/h4-5,7,9,20-21H,2-3,6,8H2,1H3,(H,16,17). The summed E-state index contributed by atoms with van der Waals surface area (Å²) in [5.41, 5.74) is -0.129. The molecule has 0 amide bonds. The van der Waals surface area contributed by atoms with E-state index in [-0.39, 0.29) is 11.6 Å². The van der Waals surface area contributed by atoms with Crippen LogP contribution in [0.2, 0.25) is 0 Å². The minimum atomic E-state index is -2.51. The lowest BCUT2D eigenvalue weighted by Crippen LogP contribution is -2.33. The summed E-state index contributed by atoms with van der Waals surface area (Å²) in [6, 6.07) is 1.78. The summed E-state index contributed by atoms with van der Waals surface area (Å²) >= 11 is 3.42. The van der Waals surface area contributed by atoms with Crippen molar-refractivity contribution < 1.29 is 9.11 Å². The van der Waals surface area contributed by atoms with Gasteiger partial charge in [-0.2, -0.15) is 10.6 Å². The molecule has 3 heterocycles. The number of pyridine rings is 2. The zero-order chi connectivity index (χ0) is 15.9. The highest BCUT2D eigenvalue weighted by molar-refractivity contribution is 9.10. The number of hydrogen-bond donors (Lipinski definition) is 3. The monoisotopic (exact) mass is 387 g/mol. The molecule has 1 atom stereocenters. The number of fused-ring (bicyclic) bond motifs is 1. The molecule has 1 aliphatic heterocycles. The molecule has 2 aromatic heterocycles. The van der Waals surface area contributed by atoms with Gasteiger partial charge in [-0.1, -0.05) is 0 Å². The molecule has 22 heavy (non-hydrogen) atoms. The second-order valence-corrected chi connectivity index (χ2v) is 8.83. The maximum Gasteiger partial charge on any atom is 0.261 e. The van der Waals surface area contributed by atoms with E-state index in [0.29, 0.717) is 22.7 Å². The number of nitrogens with one attached hydrogen (secondary N) is 1. The van der Waals surface area contributed by atoms with Crippen molar-refractivity contribution in [3.8, 4) is 0 Å². The molecule has 1 aliphatic rings. The molecule has 0 aliphatic carbocycles. The second-order valence-electron chi connectivity index (χ2n) is 5.63. The Morgan fingerprint density at radius 1 is 1.50 bits per heavy atom. The largest absolute Gasteiger partial charge is 0.365 e. The Kier molecular flexibility index (Phi) is 4.19. The number of aromatic nitrogens is 2. The van der Waals surface area contributed by atoms with Crippen LogP contribution in [0.1, 0.15) is 12.8 Å². The Hall–Kier alpha value is -1.09. The van der Waals surface area contributed by atoms with E-state index in [9.17, 15) is 13.9 Å². The first-order valence-electron chi connectivity index (χ1n) is 7.01. The Morgan fingerprint density at radius 2 is 2.27 bits per heavy atom. The van der Waals surface area contributed by atoms with Crippen molar-refractivity contribution in [2.24, 2.45) is 7.05 Å². The smallest absolute Gasteiger partial charge is 0.261 e. The highest BCUT2D eigenvalue weighted by atomic mass is 79.9. The van der Waals surface area contributed by atoms with Gasteiger partial charge < -0.3 is 9.88 Å². The third-order valence-electron chi connectivity index (χ3n) is 3.90. The summed E-state index contributed by atoms with van der Waals surface area (Å²) in [5.74, 6) is 1.27. The number of anilines is 1.